The monoisotopic (exact) mass is 255 g/mol. The molecule has 1 aliphatic carbocycles. The number of benzene rings is 1. The van der Waals surface area contributed by atoms with Crippen molar-refractivity contribution in [1.82, 2.24) is 0 Å². The van der Waals surface area contributed by atoms with Gasteiger partial charge in [-0.2, -0.15) is 0 Å². The highest BCUT2D eigenvalue weighted by Crippen LogP contribution is 2.36. The van der Waals surface area contributed by atoms with Gasteiger partial charge in [0.15, 0.2) is 0 Å². The van der Waals surface area contributed by atoms with Crippen molar-refractivity contribution >= 4 is 0 Å². The predicted octanol–water partition coefficient (Wildman–Crippen LogP) is 2.79. The first-order valence-electron chi connectivity index (χ1n) is 6.33. The Balaban J connectivity index is 2.18. The van der Waals surface area contributed by atoms with E-state index < -0.39 is 17.2 Å². The normalized spacial score (nSPS) is 20.0. The maximum absolute atomic E-state index is 13.6. The van der Waals surface area contributed by atoms with Crippen molar-refractivity contribution in [2.75, 3.05) is 7.11 Å². The molecule has 0 radical (unpaired) electrons. The van der Waals surface area contributed by atoms with Crippen LogP contribution in [-0.4, -0.2) is 18.8 Å². The van der Waals surface area contributed by atoms with Crippen LogP contribution in [0, 0.1) is 11.6 Å². The van der Waals surface area contributed by atoms with Gasteiger partial charge in [-0.15, -0.1) is 0 Å². The molecule has 18 heavy (non-hydrogen) atoms. The van der Waals surface area contributed by atoms with Crippen LogP contribution >= 0.6 is 0 Å². The molecule has 1 aliphatic rings. The lowest BCUT2D eigenvalue weighted by atomic mass is 9.88. The van der Waals surface area contributed by atoms with E-state index in [1.807, 2.05) is 0 Å². The van der Waals surface area contributed by atoms with Gasteiger partial charge in [-0.05, 0) is 31.4 Å². The number of hydrogen-bond acceptors (Lipinski definition) is 2. The van der Waals surface area contributed by atoms with Crippen LogP contribution in [0.3, 0.4) is 0 Å². The van der Waals surface area contributed by atoms with E-state index in [0.717, 1.165) is 25.7 Å². The zero-order valence-electron chi connectivity index (χ0n) is 10.6. The molecular formula is C14H19F2NO. The van der Waals surface area contributed by atoms with Crippen molar-refractivity contribution in [2.45, 2.75) is 43.7 Å². The molecule has 1 aromatic rings. The quantitative estimate of drug-likeness (QED) is 0.898. The van der Waals surface area contributed by atoms with Gasteiger partial charge < -0.3 is 10.5 Å². The average molecular weight is 255 g/mol. The topological polar surface area (TPSA) is 35.2 Å². The second kappa shape index (κ2) is 5.33. The fourth-order valence-corrected chi connectivity index (χ4v) is 2.83. The molecule has 2 nitrogen and oxygen atoms in total. The van der Waals surface area contributed by atoms with Gasteiger partial charge in [0.2, 0.25) is 0 Å². The van der Waals surface area contributed by atoms with E-state index in [0.29, 0.717) is 0 Å². The van der Waals surface area contributed by atoms with Gasteiger partial charge in [-0.1, -0.05) is 18.9 Å². The van der Waals surface area contributed by atoms with Crippen LogP contribution in [0.25, 0.3) is 0 Å². The van der Waals surface area contributed by atoms with Gasteiger partial charge in [0.05, 0.1) is 5.60 Å². The molecule has 0 aromatic heterocycles. The predicted molar refractivity (Wildman–Crippen MR) is 66.2 cm³/mol. The Bertz CT molecular complexity index is 396. The standard InChI is InChI=1S/C14H19F2NO/c1-18-14(7-2-3-8-14)13(17)9-10-11(15)5-4-6-12(10)16/h4-6,13H,2-3,7-9,17H2,1H3. The Hall–Kier alpha value is -1.00. The first kappa shape index (κ1) is 13.4. The Morgan fingerprint density at radius 1 is 1.28 bits per heavy atom. The van der Waals surface area contributed by atoms with Crippen molar-refractivity contribution in [3.8, 4) is 0 Å². The fraction of sp³-hybridized carbons (Fsp3) is 0.571. The van der Waals surface area contributed by atoms with E-state index in [1.165, 1.54) is 18.2 Å². The van der Waals surface area contributed by atoms with Crippen LogP contribution in [0.15, 0.2) is 18.2 Å². The van der Waals surface area contributed by atoms with Crippen LogP contribution in [0.5, 0.6) is 0 Å². The molecule has 1 fully saturated rings. The van der Waals surface area contributed by atoms with E-state index in [-0.39, 0.29) is 18.0 Å². The second-order valence-electron chi connectivity index (χ2n) is 4.99. The molecule has 0 bridgehead atoms. The molecule has 0 saturated heterocycles. The molecule has 0 heterocycles. The Morgan fingerprint density at radius 3 is 2.33 bits per heavy atom. The third-order valence-corrected chi connectivity index (χ3v) is 4.02. The summed E-state index contributed by atoms with van der Waals surface area (Å²) >= 11 is 0. The summed E-state index contributed by atoms with van der Waals surface area (Å²) in [4.78, 5) is 0. The van der Waals surface area contributed by atoms with Gasteiger partial charge >= 0.3 is 0 Å². The highest BCUT2D eigenvalue weighted by Gasteiger charge is 2.40. The summed E-state index contributed by atoms with van der Waals surface area (Å²) in [5, 5.41) is 0. The minimum Gasteiger partial charge on any atom is -0.377 e. The van der Waals surface area contributed by atoms with Crippen LogP contribution in [0.2, 0.25) is 0 Å². The molecule has 2 rings (SSSR count). The summed E-state index contributed by atoms with van der Waals surface area (Å²) < 4.78 is 32.7. The van der Waals surface area contributed by atoms with Gasteiger partial charge in [-0.3, -0.25) is 0 Å². The van der Waals surface area contributed by atoms with Crippen LogP contribution in [0.1, 0.15) is 31.2 Å². The SMILES string of the molecule is COC1(C(N)Cc2c(F)cccc2F)CCCC1. The molecular weight excluding hydrogens is 236 g/mol. The van der Waals surface area contributed by atoms with E-state index in [2.05, 4.69) is 0 Å². The van der Waals surface area contributed by atoms with Gasteiger partial charge in [-0.25, -0.2) is 8.78 Å². The molecule has 1 aromatic carbocycles. The third kappa shape index (κ3) is 2.40. The zero-order valence-corrected chi connectivity index (χ0v) is 10.6. The average Bonchev–Trinajstić information content (AvgIpc) is 2.84. The number of ether oxygens (including phenoxy) is 1. The number of halogens is 2. The van der Waals surface area contributed by atoms with Crippen molar-refractivity contribution in [3.05, 3.63) is 35.4 Å². The van der Waals surface area contributed by atoms with Crippen molar-refractivity contribution in [3.63, 3.8) is 0 Å². The first-order chi connectivity index (χ1) is 8.59. The van der Waals surface area contributed by atoms with E-state index >= 15 is 0 Å². The van der Waals surface area contributed by atoms with Crippen molar-refractivity contribution in [1.29, 1.82) is 0 Å². The zero-order chi connectivity index (χ0) is 13.2. The number of rotatable bonds is 4. The first-order valence-corrected chi connectivity index (χ1v) is 6.33. The van der Waals surface area contributed by atoms with Crippen LogP contribution < -0.4 is 5.73 Å². The van der Waals surface area contributed by atoms with Crippen molar-refractivity contribution in [2.24, 2.45) is 5.73 Å². The van der Waals surface area contributed by atoms with Gasteiger partial charge in [0.25, 0.3) is 0 Å². The summed E-state index contributed by atoms with van der Waals surface area (Å²) in [6.07, 6.45) is 4.01. The Labute approximate surface area is 106 Å². The second-order valence-corrected chi connectivity index (χ2v) is 4.99. The smallest absolute Gasteiger partial charge is 0.129 e. The molecule has 1 saturated carbocycles. The van der Waals surface area contributed by atoms with Gasteiger partial charge in [0.1, 0.15) is 11.6 Å². The molecule has 1 atom stereocenters. The Morgan fingerprint density at radius 2 is 1.83 bits per heavy atom. The molecule has 2 N–H and O–H groups in total. The largest absolute Gasteiger partial charge is 0.377 e. The lowest BCUT2D eigenvalue weighted by Gasteiger charge is -2.34. The lowest BCUT2D eigenvalue weighted by Crippen LogP contribution is -2.49. The minimum absolute atomic E-state index is 0.0633. The van der Waals surface area contributed by atoms with E-state index in [9.17, 15) is 8.78 Å². The third-order valence-electron chi connectivity index (χ3n) is 4.02. The summed E-state index contributed by atoms with van der Waals surface area (Å²) in [7, 11) is 1.63. The molecule has 1 unspecified atom stereocenters. The van der Waals surface area contributed by atoms with Crippen LogP contribution in [0.4, 0.5) is 8.78 Å². The van der Waals surface area contributed by atoms with E-state index in [1.54, 1.807) is 7.11 Å². The molecule has 100 valence electrons. The highest BCUT2D eigenvalue weighted by atomic mass is 19.1. The number of hydrogen-bond donors (Lipinski definition) is 1. The summed E-state index contributed by atoms with van der Waals surface area (Å²) in [5.74, 6) is -1.07. The Kier molecular flexibility index (Phi) is 3.97. The fourth-order valence-electron chi connectivity index (χ4n) is 2.83. The summed E-state index contributed by atoms with van der Waals surface area (Å²) in [6, 6.07) is 3.51. The molecule has 0 aliphatic heterocycles. The summed E-state index contributed by atoms with van der Waals surface area (Å²) in [6.45, 7) is 0. The highest BCUT2D eigenvalue weighted by molar-refractivity contribution is 5.21. The maximum Gasteiger partial charge on any atom is 0.129 e. The molecule has 4 heteroatoms. The minimum atomic E-state index is -0.533. The van der Waals surface area contributed by atoms with Gasteiger partial charge in [0, 0.05) is 18.7 Å². The molecule has 0 amide bonds. The lowest BCUT2D eigenvalue weighted by molar-refractivity contribution is -0.0256. The van der Waals surface area contributed by atoms with Crippen LogP contribution in [-0.2, 0) is 11.2 Å². The van der Waals surface area contributed by atoms with Crippen molar-refractivity contribution < 1.29 is 13.5 Å². The molecule has 0 spiro atoms. The summed E-state index contributed by atoms with van der Waals surface area (Å²) in [5.41, 5.74) is 5.78. The number of methoxy groups -OCH3 is 1. The maximum atomic E-state index is 13.6. The van der Waals surface area contributed by atoms with E-state index in [4.69, 9.17) is 10.5 Å². The number of nitrogens with two attached hydrogens (primary N) is 1.